The maximum absolute atomic E-state index is 13.2. The maximum Gasteiger partial charge on any atom is 0.235 e. The van der Waals surface area contributed by atoms with Gasteiger partial charge in [-0.3, -0.25) is 4.79 Å². The van der Waals surface area contributed by atoms with Gasteiger partial charge in [-0.1, -0.05) is 18.2 Å². The zero-order valence-electron chi connectivity index (χ0n) is 7.76. The lowest BCUT2D eigenvalue weighted by Gasteiger charge is -2.13. The average Bonchev–Trinajstić information content (AvgIpc) is 2.18. The fraction of sp³-hybridized carbons (Fsp3) is 0.300. The minimum atomic E-state index is -0.359. The molecule has 1 rings (SSSR count). The molecule has 2 nitrogen and oxygen atoms in total. The van der Waals surface area contributed by atoms with Gasteiger partial charge in [-0.05, 0) is 13.0 Å². The summed E-state index contributed by atoms with van der Waals surface area (Å²) in [6, 6.07) is 5.96. The van der Waals surface area contributed by atoms with Crippen molar-refractivity contribution in [2.24, 2.45) is 0 Å². The van der Waals surface area contributed by atoms with Crippen LogP contribution in [0, 0.1) is 5.82 Å². The van der Waals surface area contributed by atoms with Gasteiger partial charge in [0.2, 0.25) is 5.91 Å². The Balaban J connectivity index is 2.74. The summed E-state index contributed by atoms with van der Waals surface area (Å²) in [6.45, 7) is 1.71. The highest BCUT2D eigenvalue weighted by Crippen LogP contribution is 2.15. The number of benzene rings is 1. The Morgan fingerprint density at radius 3 is 2.79 bits per heavy atom. The van der Waals surface area contributed by atoms with E-state index in [1.165, 1.54) is 6.07 Å². The number of amides is 1. The molecule has 0 aliphatic heterocycles. The fourth-order valence-corrected chi connectivity index (χ4v) is 1.26. The van der Waals surface area contributed by atoms with Gasteiger partial charge < -0.3 is 5.32 Å². The molecule has 0 fully saturated rings. The molecule has 1 amide bonds. The highest BCUT2D eigenvalue weighted by atomic mass is 35.5. The molecule has 0 bridgehead atoms. The molecule has 1 unspecified atom stereocenters. The number of rotatable bonds is 3. The number of alkyl halides is 1. The summed E-state index contributed by atoms with van der Waals surface area (Å²) in [5.74, 6) is -0.740. The van der Waals surface area contributed by atoms with Crippen LogP contribution in [0.4, 0.5) is 4.39 Å². The molecule has 1 N–H and O–H groups in total. The summed E-state index contributed by atoms with van der Waals surface area (Å²) in [5.41, 5.74) is 0.464. The van der Waals surface area contributed by atoms with E-state index < -0.39 is 0 Å². The van der Waals surface area contributed by atoms with Gasteiger partial charge in [0.1, 0.15) is 11.7 Å². The molecule has 4 heteroatoms. The van der Waals surface area contributed by atoms with Gasteiger partial charge in [-0.15, -0.1) is 11.6 Å². The smallest absolute Gasteiger partial charge is 0.235 e. The Morgan fingerprint density at radius 1 is 1.57 bits per heavy atom. The summed E-state index contributed by atoms with van der Waals surface area (Å²) in [5, 5.41) is 2.58. The molecule has 76 valence electrons. The molecule has 1 aromatic carbocycles. The van der Waals surface area contributed by atoms with Crippen molar-refractivity contribution in [2.75, 3.05) is 5.88 Å². The molecule has 0 heterocycles. The third kappa shape index (κ3) is 2.70. The van der Waals surface area contributed by atoms with Gasteiger partial charge in [0.05, 0.1) is 6.04 Å². The number of hydrogen-bond acceptors (Lipinski definition) is 1. The van der Waals surface area contributed by atoms with Crippen molar-refractivity contribution >= 4 is 17.5 Å². The van der Waals surface area contributed by atoms with Crippen LogP contribution in [0.15, 0.2) is 24.3 Å². The van der Waals surface area contributed by atoms with Crippen LogP contribution in [-0.2, 0) is 4.79 Å². The Morgan fingerprint density at radius 2 is 2.21 bits per heavy atom. The normalized spacial score (nSPS) is 12.2. The third-order valence-electron chi connectivity index (χ3n) is 1.87. The van der Waals surface area contributed by atoms with Crippen LogP contribution in [0.3, 0.4) is 0 Å². The topological polar surface area (TPSA) is 29.1 Å². The fourth-order valence-electron chi connectivity index (χ4n) is 1.18. The van der Waals surface area contributed by atoms with Crippen molar-refractivity contribution in [1.29, 1.82) is 0 Å². The zero-order chi connectivity index (χ0) is 10.6. The van der Waals surface area contributed by atoms with Crippen molar-refractivity contribution in [3.8, 4) is 0 Å². The van der Waals surface area contributed by atoms with E-state index >= 15 is 0 Å². The molecule has 0 aromatic heterocycles. The van der Waals surface area contributed by atoms with E-state index in [0.717, 1.165) is 0 Å². The van der Waals surface area contributed by atoms with E-state index in [9.17, 15) is 9.18 Å². The van der Waals surface area contributed by atoms with Crippen LogP contribution in [0.1, 0.15) is 18.5 Å². The first-order valence-electron chi connectivity index (χ1n) is 4.25. The van der Waals surface area contributed by atoms with Crippen molar-refractivity contribution in [1.82, 2.24) is 5.32 Å². The van der Waals surface area contributed by atoms with Crippen molar-refractivity contribution in [3.63, 3.8) is 0 Å². The highest BCUT2D eigenvalue weighted by Gasteiger charge is 2.11. The summed E-state index contributed by atoms with van der Waals surface area (Å²) in [7, 11) is 0. The summed E-state index contributed by atoms with van der Waals surface area (Å²) in [4.78, 5) is 10.9. The monoisotopic (exact) mass is 215 g/mol. The lowest BCUT2D eigenvalue weighted by molar-refractivity contribution is -0.119. The van der Waals surface area contributed by atoms with Crippen LogP contribution in [0.5, 0.6) is 0 Å². The summed E-state index contributed by atoms with van der Waals surface area (Å²) < 4.78 is 13.2. The second-order valence-electron chi connectivity index (χ2n) is 2.94. The standard InChI is InChI=1S/C10H11ClFNO/c1-7(13-10(14)6-11)8-4-2-3-5-9(8)12/h2-5,7H,6H2,1H3,(H,13,14). The molecular formula is C10H11ClFNO. The minimum Gasteiger partial charge on any atom is -0.348 e. The predicted octanol–water partition coefficient (Wildman–Crippen LogP) is 2.24. The van der Waals surface area contributed by atoms with Gasteiger partial charge in [0, 0.05) is 5.56 Å². The van der Waals surface area contributed by atoms with E-state index in [2.05, 4.69) is 5.32 Å². The molecule has 14 heavy (non-hydrogen) atoms. The first-order valence-corrected chi connectivity index (χ1v) is 4.78. The van der Waals surface area contributed by atoms with Gasteiger partial charge in [0.25, 0.3) is 0 Å². The lowest BCUT2D eigenvalue weighted by atomic mass is 10.1. The second-order valence-corrected chi connectivity index (χ2v) is 3.21. The van der Waals surface area contributed by atoms with Crippen molar-refractivity contribution in [3.05, 3.63) is 35.6 Å². The number of carbonyl (C=O) groups excluding carboxylic acids is 1. The molecule has 0 radical (unpaired) electrons. The Kier molecular flexibility index (Phi) is 3.89. The first-order chi connectivity index (χ1) is 6.65. The number of nitrogens with one attached hydrogen (secondary N) is 1. The predicted molar refractivity (Wildman–Crippen MR) is 53.7 cm³/mol. The van der Waals surface area contributed by atoms with Gasteiger partial charge >= 0.3 is 0 Å². The maximum atomic E-state index is 13.2. The van der Waals surface area contributed by atoms with Crippen molar-refractivity contribution in [2.45, 2.75) is 13.0 Å². The quantitative estimate of drug-likeness (QED) is 0.770. The molecule has 1 atom stereocenters. The largest absolute Gasteiger partial charge is 0.348 e. The molecule has 0 saturated heterocycles. The van der Waals surface area contributed by atoms with E-state index in [-0.39, 0.29) is 23.6 Å². The van der Waals surface area contributed by atoms with Gasteiger partial charge in [-0.25, -0.2) is 4.39 Å². The summed E-state index contributed by atoms with van der Waals surface area (Å²) in [6.07, 6.45) is 0. The van der Waals surface area contributed by atoms with Crippen LogP contribution in [0.25, 0.3) is 0 Å². The minimum absolute atomic E-state index is 0.112. The average molecular weight is 216 g/mol. The van der Waals surface area contributed by atoms with E-state index in [1.807, 2.05) is 0 Å². The number of hydrogen-bond donors (Lipinski definition) is 1. The van der Waals surface area contributed by atoms with Crippen LogP contribution >= 0.6 is 11.6 Å². The second kappa shape index (κ2) is 4.96. The zero-order valence-corrected chi connectivity index (χ0v) is 8.51. The highest BCUT2D eigenvalue weighted by molar-refractivity contribution is 6.27. The van der Waals surface area contributed by atoms with E-state index in [4.69, 9.17) is 11.6 Å². The number of carbonyl (C=O) groups is 1. The SMILES string of the molecule is CC(NC(=O)CCl)c1ccccc1F. The van der Waals surface area contributed by atoms with Gasteiger partial charge in [0.15, 0.2) is 0 Å². The lowest BCUT2D eigenvalue weighted by Crippen LogP contribution is -2.28. The Labute approximate surface area is 87.1 Å². The van der Waals surface area contributed by atoms with E-state index in [1.54, 1.807) is 25.1 Å². The third-order valence-corrected chi connectivity index (χ3v) is 2.11. The Bertz CT molecular complexity index is 330. The van der Waals surface area contributed by atoms with Gasteiger partial charge in [-0.2, -0.15) is 0 Å². The van der Waals surface area contributed by atoms with E-state index in [0.29, 0.717) is 5.56 Å². The van der Waals surface area contributed by atoms with Crippen molar-refractivity contribution < 1.29 is 9.18 Å². The summed E-state index contributed by atoms with van der Waals surface area (Å²) >= 11 is 5.32. The van der Waals surface area contributed by atoms with Crippen LogP contribution in [0.2, 0.25) is 0 Å². The van der Waals surface area contributed by atoms with Crippen LogP contribution < -0.4 is 5.32 Å². The molecule has 0 spiro atoms. The number of halogens is 2. The molecule has 0 saturated carbocycles. The molecule has 1 aromatic rings. The molecular weight excluding hydrogens is 205 g/mol. The molecule has 0 aliphatic carbocycles. The molecule has 0 aliphatic rings. The van der Waals surface area contributed by atoms with Crippen LogP contribution in [-0.4, -0.2) is 11.8 Å². The Hall–Kier alpha value is -1.09. The first kappa shape index (κ1) is 11.0.